The topological polar surface area (TPSA) is 64.3 Å². The molecule has 2 rings (SSSR count). The largest absolute Gasteiger partial charge is 0.496 e. The Balaban J connectivity index is 2.55. The van der Waals surface area contributed by atoms with Crippen molar-refractivity contribution in [3.63, 3.8) is 0 Å². The molecule has 1 amide bonds. The number of nitrogens with one attached hydrogen (secondary N) is 1. The third kappa shape index (κ3) is 1.78. The van der Waals surface area contributed by atoms with Crippen LogP contribution in [0.1, 0.15) is 29.5 Å². The molecule has 1 aromatic carbocycles. The smallest absolute Gasteiger partial charge is 0.244 e. The molecule has 0 aromatic heterocycles. The number of carbonyl (C=O) groups is 1. The van der Waals surface area contributed by atoms with Gasteiger partial charge in [-0.05, 0) is 32.3 Å². The number of hydrogen-bond acceptors (Lipinski definition) is 3. The molecule has 0 spiro atoms. The molecule has 1 saturated carbocycles. The van der Waals surface area contributed by atoms with Crippen LogP contribution in [0.3, 0.4) is 0 Å². The van der Waals surface area contributed by atoms with Crippen LogP contribution in [0.2, 0.25) is 0 Å². The normalized spacial score (nSPS) is 16.5. The van der Waals surface area contributed by atoms with Gasteiger partial charge >= 0.3 is 0 Å². The van der Waals surface area contributed by atoms with Crippen molar-refractivity contribution in [2.45, 2.75) is 32.1 Å². The highest BCUT2D eigenvalue weighted by atomic mass is 16.5. The molecule has 0 aliphatic heterocycles. The van der Waals surface area contributed by atoms with E-state index in [9.17, 15) is 4.79 Å². The van der Waals surface area contributed by atoms with Gasteiger partial charge in [0, 0.05) is 5.56 Å². The molecule has 0 radical (unpaired) electrons. The summed E-state index contributed by atoms with van der Waals surface area (Å²) in [6.07, 6.45) is 1.66. The van der Waals surface area contributed by atoms with E-state index in [1.165, 1.54) is 0 Å². The first-order chi connectivity index (χ1) is 8.05. The van der Waals surface area contributed by atoms with Gasteiger partial charge in [-0.2, -0.15) is 0 Å². The van der Waals surface area contributed by atoms with Crippen LogP contribution in [0.15, 0.2) is 12.1 Å². The summed E-state index contributed by atoms with van der Waals surface area (Å²) < 4.78 is 5.43. The maximum atomic E-state index is 11.9. The standard InChI is InChI=1S/C13H18N2O2/c1-8-6-9(2)11(17-3)10(7-8)13(4-5-13)12(16)15-14/h6-7H,4-5,14H2,1-3H3,(H,15,16). The van der Waals surface area contributed by atoms with E-state index in [1.807, 2.05) is 19.9 Å². The number of nitrogens with two attached hydrogens (primary N) is 1. The lowest BCUT2D eigenvalue weighted by Crippen LogP contribution is -2.39. The van der Waals surface area contributed by atoms with Crippen LogP contribution in [0, 0.1) is 13.8 Å². The molecule has 4 nitrogen and oxygen atoms in total. The molecule has 1 aliphatic carbocycles. The number of hydrazine groups is 1. The third-order valence-corrected chi connectivity index (χ3v) is 3.45. The van der Waals surface area contributed by atoms with Gasteiger partial charge in [-0.3, -0.25) is 10.2 Å². The molecule has 92 valence electrons. The average Bonchev–Trinajstić information content (AvgIpc) is 3.08. The number of methoxy groups -OCH3 is 1. The minimum Gasteiger partial charge on any atom is -0.496 e. The predicted octanol–water partition coefficient (Wildman–Crippen LogP) is 1.33. The zero-order valence-electron chi connectivity index (χ0n) is 10.5. The van der Waals surface area contributed by atoms with Crippen molar-refractivity contribution in [2.75, 3.05) is 7.11 Å². The van der Waals surface area contributed by atoms with E-state index in [1.54, 1.807) is 7.11 Å². The summed E-state index contributed by atoms with van der Waals surface area (Å²) >= 11 is 0. The number of ether oxygens (including phenoxy) is 1. The van der Waals surface area contributed by atoms with E-state index in [4.69, 9.17) is 10.6 Å². The molecular formula is C13H18N2O2. The summed E-state index contributed by atoms with van der Waals surface area (Å²) in [5, 5.41) is 0. The predicted molar refractivity (Wildman–Crippen MR) is 65.7 cm³/mol. The Morgan fingerprint density at radius 3 is 2.53 bits per heavy atom. The lowest BCUT2D eigenvalue weighted by molar-refractivity contribution is -0.123. The summed E-state index contributed by atoms with van der Waals surface area (Å²) in [6.45, 7) is 4.01. The van der Waals surface area contributed by atoms with Gasteiger partial charge < -0.3 is 4.74 Å². The van der Waals surface area contributed by atoms with Gasteiger partial charge in [0.2, 0.25) is 5.91 Å². The SMILES string of the molecule is COc1c(C)cc(C)cc1C1(C(=O)NN)CC1. The third-order valence-electron chi connectivity index (χ3n) is 3.45. The minimum atomic E-state index is -0.475. The van der Waals surface area contributed by atoms with Crippen LogP contribution in [0.25, 0.3) is 0 Å². The summed E-state index contributed by atoms with van der Waals surface area (Å²) in [5.41, 5.74) is 4.93. The Morgan fingerprint density at radius 1 is 1.41 bits per heavy atom. The number of amides is 1. The number of hydrogen-bond donors (Lipinski definition) is 2. The van der Waals surface area contributed by atoms with E-state index in [0.29, 0.717) is 0 Å². The van der Waals surface area contributed by atoms with Gasteiger partial charge in [-0.15, -0.1) is 0 Å². The Bertz CT molecular complexity index is 465. The molecule has 17 heavy (non-hydrogen) atoms. The Hall–Kier alpha value is -1.55. The first kappa shape index (κ1) is 11.9. The average molecular weight is 234 g/mol. The minimum absolute atomic E-state index is 0.124. The number of aryl methyl sites for hydroxylation is 2. The van der Waals surface area contributed by atoms with Crippen molar-refractivity contribution < 1.29 is 9.53 Å². The highest BCUT2D eigenvalue weighted by molar-refractivity contribution is 5.91. The fourth-order valence-electron chi connectivity index (χ4n) is 2.46. The Kier molecular flexibility index (Phi) is 2.83. The van der Waals surface area contributed by atoms with Gasteiger partial charge in [-0.1, -0.05) is 17.7 Å². The molecular weight excluding hydrogens is 216 g/mol. The fourth-order valence-corrected chi connectivity index (χ4v) is 2.46. The quantitative estimate of drug-likeness (QED) is 0.471. The highest BCUT2D eigenvalue weighted by Crippen LogP contribution is 2.52. The van der Waals surface area contributed by atoms with E-state index in [0.717, 1.165) is 35.3 Å². The van der Waals surface area contributed by atoms with Crippen LogP contribution in [0.5, 0.6) is 5.75 Å². The van der Waals surface area contributed by atoms with Crippen LogP contribution >= 0.6 is 0 Å². The van der Waals surface area contributed by atoms with Crippen LogP contribution in [-0.4, -0.2) is 13.0 Å². The van der Waals surface area contributed by atoms with Crippen LogP contribution in [-0.2, 0) is 10.2 Å². The molecule has 0 unspecified atom stereocenters. The number of carbonyl (C=O) groups excluding carboxylic acids is 1. The lowest BCUT2D eigenvalue weighted by Gasteiger charge is -2.19. The number of benzene rings is 1. The summed E-state index contributed by atoms with van der Waals surface area (Å²) in [7, 11) is 1.64. The Morgan fingerprint density at radius 2 is 2.06 bits per heavy atom. The van der Waals surface area contributed by atoms with Gasteiger partial charge in [-0.25, -0.2) is 5.84 Å². The molecule has 0 saturated heterocycles. The van der Waals surface area contributed by atoms with E-state index >= 15 is 0 Å². The number of rotatable bonds is 3. The molecule has 0 heterocycles. The molecule has 1 aliphatic rings. The summed E-state index contributed by atoms with van der Waals surface area (Å²) in [4.78, 5) is 11.9. The van der Waals surface area contributed by atoms with Crippen molar-refractivity contribution >= 4 is 5.91 Å². The molecule has 4 heteroatoms. The lowest BCUT2D eigenvalue weighted by atomic mass is 9.91. The zero-order valence-corrected chi connectivity index (χ0v) is 10.5. The van der Waals surface area contributed by atoms with Crippen molar-refractivity contribution in [1.29, 1.82) is 0 Å². The fraction of sp³-hybridized carbons (Fsp3) is 0.462. The summed E-state index contributed by atoms with van der Waals surface area (Å²) in [6, 6.07) is 4.08. The maximum Gasteiger partial charge on any atom is 0.244 e. The van der Waals surface area contributed by atoms with Crippen molar-refractivity contribution in [1.82, 2.24) is 5.43 Å². The van der Waals surface area contributed by atoms with Gasteiger partial charge in [0.25, 0.3) is 0 Å². The molecule has 0 atom stereocenters. The molecule has 1 aromatic rings. The Labute approximate surface area is 101 Å². The van der Waals surface area contributed by atoms with E-state index in [2.05, 4.69) is 11.5 Å². The highest BCUT2D eigenvalue weighted by Gasteiger charge is 2.53. The van der Waals surface area contributed by atoms with Crippen molar-refractivity contribution in [3.05, 3.63) is 28.8 Å². The molecule has 3 N–H and O–H groups in total. The van der Waals surface area contributed by atoms with Crippen molar-refractivity contribution in [3.8, 4) is 5.75 Å². The maximum absolute atomic E-state index is 11.9. The van der Waals surface area contributed by atoms with E-state index < -0.39 is 5.41 Å². The first-order valence-corrected chi connectivity index (χ1v) is 5.72. The summed E-state index contributed by atoms with van der Waals surface area (Å²) in [5.74, 6) is 5.94. The van der Waals surface area contributed by atoms with Gasteiger partial charge in [0.15, 0.2) is 0 Å². The molecule has 0 bridgehead atoms. The first-order valence-electron chi connectivity index (χ1n) is 5.72. The van der Waals surface area contributed by atoms with Crippen LogP contribution < -0.4 is 16.0 Å². The molecule has 1 fully saturated rings. The zero-order chi connectivity index (χ0) is 12.6. The monoisotopic (exact) mass is 234 g/mol. The van der Waals surface area contributed by atoms with E-state index in [-0.39, 0.29) is 5.91 Å². The van der Waals surface area contributed by atoms with Crippen molar-refractivity contribution in [2.24, 2.45) is 5.84 Å². The van der Waals surface area contributed by atoms with Gasteiger partial charge in [0.05, 0.1) is 12.5 Å². The van der Waals surface area contributed by atoms with Crippen LogP contribution in [0.4, 0.5) is 0 Å². The second-order valence-electron chi connectivity index (χ2n) is 4.72. The second-order valence-corrected chi connectivity index (χ2v) is 4.72. The second kappa shape index (κ2) is 4.04. The van der Waals surface area contributed by atoms with Gasteiger partial charge in [0.1, 0.15) is 5.75 Å².